The van der Waals surface area contributed by atoms with Gasteiger partial charge in [0.1, 0.15) is 4.90 Å². The van der Waals surface area contributed by atoms with E-state index in [1.165, 1.54) is 0 Å². The fraction of sp³-hybridized carbons (Fsp3) is 0.636. The Balaban J connectivity index is 3.26. The van der Waals surface area contributed by atoms with Gasteiger partial charge in [0, 0.05) is 16.7 Å². The van der Waals surface area contributed by atoms with Crippen LogP contribution in [0.3, 0.4) is 0 Å². The molecule has 6 nitrogen and oxygen atoms in total. The summed E-state index contributed by atoms with van der Waals surface area (Å²) in [6, 6.07) is -0.0717. The average molecular weight is 308 g/mol. The van der Waals surface area contributed by atoms with Crippen molar-refractivity contribution in [1.82, 2.24) is 15.5 Å². The van der Waals surface area contributed by atoms with E-state index in [1.54, 1.807) is 13.8 Å². The second-order valence-corrected chi connectivity index (χ2v) is 7.19. The molecule has 1 rings (SSSR count). The lowest BCUT2D eigenvalue weighted by molar-refractivity contribution is 0.0931. The third-order valence-electron chi connectivity index (χ3n) is 2.77. The van der Waals surface area contributed by atoms with E-state index < -0.39 is 15.0 Å². The molecule has 1 unspecified atom stereocenters. The van der Waals surface area contributed by atoms with Crippen LogP contribution in [0.4, 0.5) is 0 Å². The summed E-state index contributed by atoms with van der Waals surface area (Å²) < 4.78 is 23.3. The molecule has 1 heterocycles. The van der Waals surface area contributed by atoms with Gasteiger partial charge in [0.05, 0.1) is 5.69 Å². The van der Waals surface area contributed by atoms with E-state index in [2.05, 4.69) is 15.5 Å². The first-order valence-electron chi connectivity index (χ1n) is 6.02. The van der Waals surface area contributed by atoms with E-state index in [0.29, 0.717) is 5.69 Å². The molecule has 108 valence electrons. The van der Waals surface area contributed by atoms with Gasteiger partial charge in [0.25, 0.3) is 15.0 Å². The number of carbonyl (C=O) groups excluding carboxylic acids is 1. The Bertz CT molecular complexity index is 566. The Morgan fingerprint density at radius 2 is 2.00 bits per heavy atom. The summed E-state index contributed by atoms with van der Waals surface area (Å²) in [4.78, 5) is 11.8. The third kappa shape index (κ3) is 3.70. The maximum Gasteiger partial charge on any atom is 0.273 e. The fourth-order valence-corrected chi connectivity index (χ4v) is 2.91. The zero-order chi connectivity index (χ0) is 14.8. The highest BCUT2D eigenvalue weighted by atomic mass is 35.7. The molecule has 1 aromatic heterocycles. The summed E-state index contributed by atoms with van der Waals surface area (Å²) in [7, 11) is 1.37. The van der Waals surface area contributed by atoms with Gasteiger partial charge in [-0.2, -0.15) is 5.10 Å². The van der Waals surface area contributed by atoms with Crippen molar-refractivity contribution in [1.29, 1.82) is 0 Å². The number of rotatable bonds is 5. The minimum Gasteiger partial charge on any atom is -0.348 e. The van der Waals surface area contributed by atoms with E-state index in [9.17, 15) is 13.2 Å². The first-order valence-corrected chi connectivity index (χ1v) is 8.33. The van der Waals surface area contributed by atoms with Crippen molar-refractivity contribution in [3.8, 4) is 0 Å². The van der Waals surface area contributed by atoms with E-state index in [0.717, 1.165) is 6.42 Å². The van der Waals surface area contributed by atoms with Crippen molar-refractivity contribution in [3.05, 3.63) is 11.4 Å². The Labute approximate surface area is 117 Å². The second kappa shape index (κ2) is 5.92. The van der Waals surface area contributed by atoms with Gasteiger partial charge in [-0.25, -0.2) is 8.42 Å². The van der Waals surface area contributed by atoms with Gasteiger partial charge in [-0.3, -0.25) is 9.89 Å². The number of nitrogens with one attached hydrogen (secondary N) is 2. The molecule has 0 aliphatic rings. The molecule has 0 bridgehead atoms. The molecular formula is C11H18ClN3O3S. The van der Waals surface area contributed by atoms with Crippen LogP contribution in [0.1, 0.15) is 56.2 Å². The lowest BCUT2D eigenvalue weighted by Crippen LogP contribution is -2.33. The summed E-state index contributed by atoms with van der Waals surface area (Å²) >= 11 is 0. The van der Waals surface area contributed by atoms with Crippen LogP contribution in [-0.2, 0) is 9.05 Å². The van der Waals surface area contributed by atoms with Crippen molar-refractivity contribution in [2.24, 2.45) is 0 Å². The van der Waals surface area contributed by atoms with Crippen molar-refractivity contribution in [3.63, 3.8) is 0 Å². The second-order valence-electron chi connectivity index (χ2n) is 4.69. The molecule has 0 saturated heterocycles. The smallest absolute Gasteiger partial charge is 0.273 e. The minimum atomic E-state index is -4.04. The normalized spacial score (nSPS) is 13.6. The van der Waals surface area contributed by atoms with Crippen molar-refractivity contribution in [2.75, 3.05) is 0 Å². The summed E-state index contributed by atoms with van der Waals surface area (Å²) in [5, 5.41) is 9.03. The maximum atomic E-state index is 12.0. The fourth-order valence-electron chi connectivity index (χ4n) is 1.53. The number of H-pyrrole nitrogens is 1. The van der Waals surface area contributed by atoms with Gasteiger partial charge >= 0.3 is 0 Å². The monoisotopic (exact) mass is 307 g/mol. The molecule has 0 saturated carbocycles. The van der Waals surface area contributed by atoms with Crippen LogP contribution >= 0.6 is 10.7 Å². The quantitative estimate of drug-likeness (QED) is 0.814. The Kier molecular flexibility index (Phi) is 4.98. The summed E-state index contributed by atoms with van der Waals surface area (Å²) in [6.07, 6.45) is 0.732. The minimum absolute atomic E-state index is 0.0717. The van der Waals surface area contributed by atoms with Gasteiger partial charge in [-0.1, -0.05) is 20.8 Å². The largest absolute Gasteiger partial charge is 0.348 e. The number of hydrogen-bond donors (Lipinski definition) is 2. The molecule has 0 radical (unpaired) electrons. The predicted molar refractivity (Wildman–Crippen MR) is 72.9 cm³/mol. The first-order chi connectivity index (χ1) is 8.68. The van der Waals surface area contributed by atoms with Crippen LogP contribution in [0, 0.1) is 0 Å². The highest BCUT2D eigenvalue weighted by molar-refractivity contribution is 8.13. The van der Waals surface area contributed by atoms with Crippen LogP contribution < -0.4 is 5.32 Å². The van der Waals surface area contributed by atoms with Crippen molar-refractivity contribution < 1.29 is 13.2 Å². The van der Waals surface area contributed by atoms with E-state index in [1.807, 2.05) is 13.8 Å². The number of aromatic amines is 1. The highest BCUT2D eigenvalue weighted by Gasteiger charge is 2.29. The number of aromatic nitrogens is 2. The number of carbonyl (C=O) groups is 1. The molecule has 0 spiro atoms. The van der Waals surface area contributed by atoms with Crippen LogP contribution in [0.25, 0.3) is 0 Å². The van der Waals surface area contributed by atoms with Crippen molar-refractivity contribution in [2.45, 2.75) is 51.0 Å². The van der Waals surface area contributed by atoms with E-state index >= 15 is 0 Å². The van der Waals surface area contributed by atoms with E-state index in [-0.39, 0.29) is 22.5 Å². The molecule has 0 aromatic carbocycles. The third-order valence-corrected chi connectivity index (χ3v) is 4.14. The zero-order valence-electron chi connectivity index (χ0n) is 11.3. The summed E-state index contributed by atoms with van der Waals surface area (Å²) in [5.74, 6) is -0.683. The topological polar surface area (TPSA) is 91.9 Å². The lowest BCUT2D eigenvalue weighted by atomic mass is 10.1. The number of halogens is 1. The predicted octanol–water partition coefficient (Wildman–Crippen LogP) is 1.99. The Hall–Kier alpha value is -1.08. The van der Waals surface area contributed by atoms with Gasteiger partial charge in [0.15, 0.2) is 5.69 Å². The highest BCUT2D eigenvalue weighted by Crippen LogP contribution is 2.27. The van der Waals surface area contributed by atoms with Gasteiger partial charge in [-0.05, 0) is 19.3 Å². The van der Waals surface area contributed by atoms with Crippen LogP contribution in [0.2, 0.25) is 0 Å². The average Bonchev–Trinajstić information content (AvgIpc) is 2.72. The van der Waals surface area contributed by atoms with Crippen LogP contribution in [0.15, 0.2) is 4.90 Å². The van der Waals surface area contributed by atoms with E-state index in [4.69, 9.17) is 10.7 Å². The molecule has 19 heavy (non-hydrogen) atoms. The maximum absolute atomic E-state index is 12.0. The summed E-state index contributed by atoms with van der Waals surface area (Å²) in [6.45, 7) is 7.31. The molecule has 0 aliphatic carbocycles. The molecule has 1 amide bonds. The Morgan fingerprint density at radius 3 is 2.42 bits per heavy atom. The number of hydrogen-bond acceptors (Lipinski definition) is 4. The zero-order valence-corrected chi connectivity index (χ0v) is 12.9. The van der Waals surface area contributed by atoms with Crippen LogP contribution in [-0.4, -0.2) is 30.6 Å². The molecule has 8 heteroatoms. The van der Waals surface area contributed by atoms with Gasteiger partial charge in [0.2, 0.25) is 0 Å². The lowest BCUT2D eigenvalue weighted by Gasteiger charge is -2.10. The Morgan fingerprint density at radius 1 is 1.42 bits per heavy atom. The standard InChI is InChI=1S/C11H18ClN3O3S/c1-5-7(4)13-11(16)9-10(19(12,17)18)8(6(2)3)14-15-9/h6-7H,5H2,1-4H3,(H,13,16)(H,14,15). The molecule has 1 atom stereocenters. The first kappa shape index (κ1) is 16.0. The van der Waals surface area contributed by atoms with Gasteiger partial charge < -0.3 is 5.32 Å². The van der Waals surface area contributed by atoms with Crippen LogP contribution in [0.5, 0.6) is 0 Å². The number of amides is 1. The molecule has 0 fully saturated rings. The molecular weight excluding hydrogens is 290 g/mol. The van der Waals surface area contributed by atoms with Gasteiger partial charge in [-0.15, -0.1) is 0 Å². The number of nitrogens with zero attached hydrogens (tertiary/aromatic N) is 1. The molecule has 0 aliphatic heterocycles. The molecule has 2 N–H and O–H groups in total. The SMILES string of the molecule is CCC(C)NC(=O)c1n[nH]c(C(C)C)c1S(=O)(=O)Cl. The molecule has 1 aromatic rings. The summed E-state index contributed by atoms with van der Waals surface area (Å²) in [5.41, 5.74) is 0.156. The van der Waals surface area contributed by atoms with Crippen molar-refractivity contribution >= 4 is 25.6 Å².